The first-order valence-electron chi connectivity index (χ1n) is 7.31. The highest BCUT2D eigenvalue weighted by Gasteiger charge is 2.46. The summed E-state index contributed by atoms with van der Waals surface area (Å²) in [5, 5.41) is 0. The second kappa shape index (κ2) is 5.72. The molecule has 0 aromatic rings. The SMILES string of the molecule is CCCCCN1C(=O)C2CCCN2C(=O)C1CC. The van der Waals surface area contributed by atoms with E-state index >= 15 is 0 Å². The van der Waals surface area contributed by atoms with E-state index in [1.165, 1.54) is 0 Å². The fraction of sp³-hybridized carbons (Fsp3) is 0.857. The number of hydrogen-bond acceptors (Lipinski definition) is 2. The van der Waals surface area contributed by atoms with E-state index in [1.54, 1.807) is 0 Å². The molecule has 0 N–H and O–H groups in total. The van der Waals surface area contributed by atoms with Gasteiger partial charge in [-0.15, -0.1) is 0 Å². The molecule has 4 heteroatoms. The standard InChI is InChI=1S/C14H24N2O2/c1-3-5-6-9-15-11(4-2)13(17)16-10-7-8-12(16)14(15)18/h11-12H,3-10H2,1-2H3. The Morgan fingerprint density at radius 1 is 1.17 bits per heavy atom. The van der Waals surface area contributed by atoms with E-state index in [0.717, 1.165) is 51.6 Å². The molecule has 102 valence electrons. The molecule has 2 heterocycles. The van der Waals surface area contributed by atoms with Crippen LogP contribution in [0.5, 0.6) is 0 Å². The highest BCUT2D eigenvalue weighted by Crippen LogP contribution is 2.28. The molecule has 2 rings (SSSR count). The minimum atomic E-state index is -0.205. The molecule has 0 bridgehead atoms. The molecule has 18 heavy (non-hydrogen) atoms. The Bertz CT molecular complexity index is 330. The molecule has 2 unspecified atom stereocenters. The summed E-state index contributed by atoms with van der Waals surface area (Å²) in [5.74, 6) is 0.367. The van der Waals surface area contributed by atoms with Crippen LogP contribution in [0.1, 0.15) is 52.4 Å². The normalized spacial score (nSPS) is 27.9. The van der Waals surface area contributed by atoms with Crippen molar-refractivity contribution in [2.75, 3.05) is 13.1 Å². The van der Waals surface area contributed by atoms with Gasteiger partial charge in [-0.25, -0.2) is 0 Å². The van der Waals surface area contributed by atoms with E-state index in [1.807, 2.05) is 16.7 Å². The second-order valence-corrected chi connectivity index (χ2v) is 5.35. The van der Waals surface area contributed by atoms with Gasteiger partial charge in [-0.3, -0.25) is 9.59 Å². The predicted octanol–water partition coefficient (Wildman–Crippen LogP) is 1.79. The van der Waals surface area contributed by atoms with Crippen molar-refractivity contribution in [2.45, 2.75) is 64.5 Å². The zero-order chi connectivity index (χ0) is 13.1. The summed E-state index contributed by atoms with van der Waals surface area (Å²) in [7, 11) is 0. The monoisotopic (exact) mass is 252 g/mol. The van der Waals surface area contributed by atoms with Gasteiger partial charge in [0.2, 0.25) is 11.8 Å². The molecule has 0 aromatic carbocycles. The molecule has 2 aliphatic rings. The zero-order valence-corrected chi connectivity index (χ0v) is 11.5. The van der Waals surface area contributed by atoms with E-state index < -0.39 is 0 Å². The Morgan fingerprint density at radius 2 is 1.94 bits per heavy atom. The van der Waals surface area contributed by atoms with Crippen LogP contribution < -0.4 is 0 Å². The number of hydrogen-bond donors (Lipinski definition) is 0. The predicted molar refractivity (Wildman–Crippen MR) is 70.1 cm³/mol. The number of fused-ring (bicyclic) bond motifs is 1. The number of carbonyl (C=O) groups excluding carboxylic acids is 2. The first-order chi connectivity index (χ1) is 8.70. The van der Waals surface area contributed by atoms with Crippen molar-refractivity contribution in [2.24, 2.45) is 0 Å². The van der Waals surface area contributed by atoms with Crippen LogP contribution in [0.15, 0.2) is 0 Å². The Kier molecular flexibility index (Phi) is 4.25. The lowest BCUT2D eigenvalue weighted by molar-refractivity contribution is -0.159. The fourth-order valence-corrected chi connectivity index (χ4v) is 3.15. The van der Waals surface area contributed by atoms with Crippen molar-refractivity contribution < 1.29 is 9.59 Å². The maximum absolute atomic E-state index is 12.4. The van der Waals surface area contributed by atoms with Crippen molar-refractivity contribution in [1.82, 2.24) is 9.80 Å². The number of unbranched alkanes of at least 4 members (excludes halogenated alkanes) is 2. The smallest absolute Gasteiger partial charge is 0.246 e. The van der Waals surface area contributed by atoms with Crippen LogP contribution in [0.3, 0.4) is 0 Å². The summed E-state index contributed by atoms with van der Waals surface area (Å²) in [6, 6.07) is -0.356. The number of carbonyl (C=O) groups is 2. The summed E-state index contributed by atoms with van der Waals surface area (Å²) < 4.78 is 0. The van der Waals surface area contributed by atoms with Crippen LogP contribution in [0.4, 0.5) is 0 Å². The molecule has 0 aromatic heterocycles. The molecular weight excluding hydrogens is 228 g/mol. The van der Waals surface area contributed by atoms with Crippen LogP contribution in [-0.2, 0) is 9.59 Å². The van der Waals surface area contributed by atoms with Gasteiger partial charge in [0.05, 0.1) is 0 Å². The van der Waals surface area contributed by atoms with E-state index in [2.05, 4.69) is 6.92 Å². The lowest BCUT2D eigenvalue weighted by atomic mass is 10.0. The van der Waals surface area contributed by atoms with Crippen LogP contribution >= 0.6 is 0 Å². The first kappa shape index (κ1) is 13.4. The van der Waals surface area contributed by atoms with Gasteiger partial charge in [0.1, 0.15) is 12.1 Å². The van der Waals surface area contributed by atoms with Crippen molar-refractivity contribution in [3.05, 3.63) is 0 Å². The van der Waals surface area contributed by atoms with Crippen LogP contribution in [0.2, 0.25) is 0 Å². The number of rotatable bonds is 5. The molecule has 4 nitrogen and oxygen atoms in total. The van der Waals surface area contributed by atoms with Crippen molar-refractivity contribution in [1.29, 1.82) is 0 Å². The molecule has 2 aliphatic heterocycles. The molecule has 0 saturated carbocycles. The average Bonchev–Trinajstić information content (AvgIpc) is 2.85. The number of nitrogens with zero attached hydrogens (tertiary/aromatic N) is 2. The molecular formula is C14H24N2O2. The molecule has 2 atom stereocenters. The largest absolute Gasteiger partial charge is 0.329 e. The van der Waals surface area contributed by atoms with Crippen LogP contribution in [-0.4, -0.2) is 46.8 Å². The fourth-order valence-electron chi connectivity index (χ4n) is 3.15. The van der Waals surface area contributed by atoms with Gasteiger partial charge in [0, 0.05) is 13.1 Å². The second-order valence-electron chi connectivity index (χ2n) is 5.35. The molecule has 2 saturated heterocycles. The molecule has 2 amide bonds. The Morgan fingerprint density at radius 3 is 2.61 bits per heavy atom. The summed E-state index contributed by atoms with van der Waals surface area (Å²) in [5.41, 5.74) is 0. The topological polar surface area (TPSA) is 40.6 Å². The van der Waals surface area contributed by atoms with Gasteiger partial charge in [0.15, 0.2) is 0 Å². The average molecular weight is 252 g/mol. The third-order valence-corrected chi connectivity index (χ3v) is 4.15. The van der Waals surface area contributed by atoms with Crippen molar-refractivity contribution >= 4 is 11.8 Å². The van der Waals surface area contributed by atoms with Gasteiger partial charge < -0.3 is 9.80 Å². The maximum atomic E-state index is 12.4. The van der Waals surface area contributed by atoms with E-state index in [-0.39, 0.29) is 23.9 Å². The van der Waals surface area contributed by atoms with Crippen molar-refractivity contribution in [3.63, 3.8) is 0 Å². The van der Waals surface area contributed by atoms with Gasteiger partial charge in [-0.05, 0) is 25.7 Å². The molecule has 0 spiro atoms. The number of piperazine rings is 1. The molecule has 0 radical (unpaired) electrons. The van der Waals surface area contributed by atoms with Gasteiger partial charge in [-0.1, -0.05) is 26.7 Å². The molecule has 2 fully saturated rings. The Labute approximate surface area is 109 Å². The lowest BCUT2D eigenvalue weighted by Gasteiger charge is -2.42. The summed E-state index contributed by atoms with van der Waals surface area (Å²) in [6.45, 7) is 5.67. The van der Waals surface area contributed by atoms with Crippen LogP contribution in [0.25, 0.3) is 0 Å². The van der Waals surface area contributed by atoms with E-state index in [9.17, 15) is 9.59 Å². The van der Waals surface area contributed by atoms with Crippen LogP contribution in [0, 0.1) is 0 Å². The highest BCUT2D eigenvalue weighted by molar-refractivity contribution is 5.97. The quantitative estimate of drug-likeness (QED) is 0.700. The van der Waals surface area contributed by atoms with Gasteiger partial charge in [0.25, 0.3) is 0 Å². The third-order valence-electron chi connectivity index (χ3n) is 4.15. The van der Waals surface area contributed by atoms with E-state index in [4.69, 9.17) is 0 Å². The lowest BCUT2D eigenvalue weighted by Crippen LogP contribution is -2.62. The highest BCUT2D eigenvalue weighted by atomic mass is 16.2. The maximum Gasteiger partial charge on any atom is 0.246 e. The summed E-state index contributed by atoms with van der Waals surface area (Å²) >= 11 is 0. The van der Waals surface area contributed by atoms with E-state index in [0.29, 0.717) is 0 Å². The Balaban J connectivity index is 2.10. The third kappa shape index (κ3) is 2.25. The summed E-state index contributed by atoms with van der Waals surface area (Å²) in [4.78, 5) is 28.5. The minimum Gasteiger partial charge on any atom is -0.329 e. The summed E-state index contributed by atoms with van der Waals surface area (Å²) in [6.07, 6.45) is 5.84. The molecule has 0 aliphatic carbocycles. The minimum absolute atomic E-state index is 0.151. The van der Waals surface area contributed by atoms with Crippen molar-refractivity contribution in [3.8, 4) is 0 Å². The number of amides is 2. The Hall–Kier alpha value is -1.06. The van der Waals surface area contributed by atoms with Gasteiger partial charge in [-0.2, -0.15) is 0 Å². The first-order valence-corrected chi connectivity index (χ1v) is 7.31. The van der Waals surface area contributed by atoms with Gasteiger partial charge >= 0.3 is 0 Å². The zero-order valence-electron chi connectivity index (χ0n) is 11.5.